The average molecular weight is 469 g/mol. The van der Waals surface area contributed by atoms with E-state index in [2.05, 4.69) is 10.2 Å². The molecule has 4 rings (SSSR count). The van der Waals surface area contributed by atoms with Crippen LogP contribution in [-0.2, 0) is 29.3 Å². The Bertz CT molecular complexity index is 1360. The molecule has 0 saturated heterocycles. The van der Waals surface area contributed by atoms with E-state index in [9.17, 15) is 13.2 Å². The number of hydrogen-bond acceptors (Lipinski definition) is 4. The quantitative estimate of drug-likeness (QED) is 0.411. The number of rotatable bonds is 8. The normalized spacial score (nSPS) is 11.5. The summed E-state index contributed by atoms with van der Waals surface area (Å²) in [7, 11) is -3.71. The van der Waals surface area contributed by atoms with Gasteiger partial charge >= 0.3 is 0 Å². The molecule has 0 bridgehead atoms. The summed E-state index contributed by atoms with van der Waals surface area (Å²) in [5, 5.41) is 7.79. The number of H-pyrrole nitrogens is 1. The lowest BCUT2D eigenvalue weighted by Crippen LogP contribution is -2.17. The maximum atomic E-state index is 13.0. The molecule has 0 aliphatic carbocycles. The van der Waals surface area contributed by atoms with Crippen LogP contribution in [0, 0.1) is 0 Å². The molecule has 1 amide bonds. The van der Waals surface area contributed by atoms with E-state index >= 15 is 0 Å². The Balaban J connectivity index is 1.58. The number of amides is 1. The van der Waals surface area contributed by atoms with Crippen molar-refractivity contribution in [2.75, 3.05) is 0 Å². The Morgan fingerprint density at radius 3 is 2.53 bits per heavy atom. The molecular weight excluding hydrogens is 448 g/mol. The van der Waals surface area contributed by atoms with Gasteiger partial charge in [-0.15, -0.1) is 0 Å². The van der Waals surface area contributed by atoms with Crippen LogP contribution in [0.2, 0.25) is 5.02 Å². The molecule has 0 saturated carbocycles. The number of halogens is 1. The fourth-order valence-electron chi connectivity index (χ4n) is 3.65. The maximum Gasteiger partial charge on any atom is 0.267 e. The zero-order chi connectivity index (χ0) is 22.7. The van der Waals surface area contributed by atoms with E-state index in [-0.39, 0.29) is 4.90 Å². The van der Waals surface area contributed by atoms with Crippen LogP contribution in [0.15, 0.2) is 77.8 Å². The zero-order valence-corrected chi connectivity index (χ0v) is 18.6. The van der Waals surface area contributed by atoms with Crippen LogP contribution in [0.5, 0.6) is 0 Å². The maximum absolute atomic E-state index is 13.0. The van der Waals surface area contributed by atoms with E-state index in [1.807, 2.05) is 18.2 Å². The summed E-state index contributed by atoms with van der Waals surface area (Å²) in [4.78, 5) is 12.4. The summed E-state index contributed by atoms with van der Waals surface area (Å²) in [6.07, 6.45) is 2.64. The van der Waals surface area contributed by atoms with Crippen LogP contribution in [0.25, 0.3) is 0 Å². The fraction of sp³-hybridized carbons (Fsp3) is 0.130. The number of aromatic amines is 1. The minimum absolute atomic E-state index is 0.207. The number of nitrogens with two attached hydrogens (primary N) is 1. The van der Waals surface area contributed by atoms with E-state index in [4.69, 9.17) is 17.3 Å². The number of aromatic nitrogens is 3. The highest BCUT2D eigenvalue weighted by Crippen LogP contribution is 2.21. The molecule has 0 aliphatic rings. The number of primary amides is 1. The molecule has 0 atom stereocenters. The lowest BCUT2D eigenvalue weighted by molar-refractivity contribution is 0.0998. The van der Waals surface area contributed by atoms with Gasteiger partial charge in [-0.05, 0) is 54.8 Å². The summed E-state index contributed by atoms with van der Waals surface area (Å²) in [5.74, 6) is -0.585. The molecule has 0 spiro atoms. The molecule has 9 heteroatoms. The molecule has 2 aromatic carbocycles. The van der Waals surface area contributed by atoms with Gasteiger partial charge in [0.2, 0.25) is 0 Å². The third-order valence-electron chi connectivity index (χ3n) is 5.14. The number of carbonyl (C=O) groups is 1. The molecule has 4 aromatic rings. The summed E-state index contributed by atoms with van der Waals surface area (Å²) < 4.78 is 27.2. The second-order valence-corrected chi connectivity index (χ2v) is 9.56. The van der Waals surface area contributed by atoms with E-state index in [1.165, 1.54) is 10.2 Å². The number of benzene rings is 2. The Labute approximate surface area is 190 Å². The van der Waals surface area contributed by atoms with Gasteiger partial charge in [0.25, 0.3) is 15.9 Å². The first-order valence-electron chi connectivity index (χ1n) is 9.93. The first kappa shape index (κ1) is 21.9. The van der Waals surface area contributed by atoms with Gasteiger partial charge in [-0.3, -0.25) is 9.89 Å². The predicted octanol–water partition coefficient (Wildman–Crippen LogP) is 3.58. The molecule has 32 heavy (non-hydrogen) atoms. The summed E-state index contributed by atoms with van der Waals surface area (Å²) >= 11 is 6.05. The van der Waals surface area contributed by atoms with Crippen LogP contribution >= 0.6 is 11.6 Å². The number of nitrogens with one attached hydrogen (secondary N) is 1. The highest BCUT2D eigenvalue weighted by atomic mass is 35.5. The van der Waals surface area contributed by atoms with Crippen LogP contribution < -0.4 is 5.73 Å². The highest BCUT2D eigenvalue weighted by Gasteiger charge is 2.21. The van der Waals surface area contributed by atoms with Gasteiger partial charge in [0.05, 0.1) is 21.8 Å². The van der Waals surface area contributed by atoms with E-state index in [0.29, 0.717) is 46.9 Å². The second-order valence-electron chi connectivity index (χ2n) is 7.31. The minimum Gasteiger partial charge on any atom is -0.365 e. The third kappa shape index (κ3) is 4.46. The third-order valence-corrected chi connectivity index (χ3v) is 7.12. The highest BCUT2D eigenvalue weighted by molar-refractivity contribution is 7.90. The molecule has 0 unspecified atom stereocenters. The smallest absolute Gasteiger partial charge is 0.267 e. The first-order chi connectivity index (χ1) is 15.4. The van der Waals surface area contributed by atoms with Gasteiger partial charge in [0.15, 0.2) is 0 Å². The Morgan fingerprint density at radius 2 is 1.81 bits per heavy atom. The predicted molar refractivity (Wildman–Crippen MR) is 122 cm³/mol. The van der Waals surface area contributed by atoms with E-state index in [0.717, 1.165) is 5.56 Å². The van der Waals surface area contributed by atoms with Gasteiger partial charge < -0.3 is 5.73 Å². The van der Waals surface area contributed by atoms with Crippen molar-refractivity contribution in [2.45, 2.75) is 24.2 Å². The Kier molecular flexibility index (Phi) is 6.16. The van der Waals surface area contributed by atoms with Crippen molar-refractivity contribution in [3.63, 3.8) is 0 Å². The molecule has 0 radical (unpaired) electrons. The Hall–Kier alpha value is -3.36. The number of carbonyl (C=O) groups excluding carboxylic acids is 1. The molecule has 164 valence electrons. The molecule has 7 nitrogen and oxygen atoms in total. The molecule has 2 aromatic heterocycles. The van der Waals surface area contributed by atoms with E-state index in [1.54, 1.807) is 48.5 Å². The zero-order valence-electron chi connectivity index (χ0n) is 17.0. The molecule has 0 fully saturated rings. The standard InChI is InChI=1S/C23H21ClN4O3S/c24-17-7-4-6-16(14-17)15-21-22(23(25)29)20(26-27-21)12-11-18-8-5-13-28(18)32(30,31)19-9-2-1-3-10-19/h1-10,13-14H,11-12,15H2,(H2,25,29)(H,26,27). The van der Waals surface area contributed by atoms with Crippen LogP contribution in [-0.4, -0.2) is 28.5 Å². The van der Waals surface area contributed by atoms with Crippen LogP contribution in [0.4, 0.5) is 0 Å². The average Bonchev–Trinajstić information content (AvgIpc) is 3.40. The van der Waals surface area contributed by atoms with Gasteiger partial charge in [0, 0.05) is 23.3 Å². The largest absolute Gasteiger partial charge is 0.365 e. The number of aryl methyl sites for hydroxylation is 2. The number of hydrogen-bond donors (Lipinski definition) is 2. The van der Waals surface area contributed by atoms with Crippen molar-refractivity contribution in [1.29, 1.82) is 0 Å². The summed E-state index contributed by atoms with van der Waals surface area (Å²) in [6.45, 7) is 0. The monoisotopic (exact) mass is 468 g/mol. The van der Waals surface area contributed by atoms with Crippen LogP contribution in [0.1, 0.15) is 33.0 Å². The second kappa shape index (κ2) is 9.02. The van der Waals surface area contributed by atoms with Gasteiger partial charge in [-0.2, -0.15) is 5.10 Å². The van der Waals surface area contributed by atoms with Crippen LogP contribution in [0.3, 0.4) is 0 Å². The number of nitrogens with zero attached hydrogens (tertiary/aromatic N) is 2. The SMILES string of the molecule is NC(=O)c1c(CCc2cccn2S(=O)(=O)c2ccccc2)n[nH]c1Cc1cccc(Cl)c1. The van der Waals surface area contributed by atoms with Crippen molar-refractivity contribution >= 4 is 27.5 Å². The summed E-state index contributed by atoms with van der Waals surface area (Å²) in [6, 6.07) is 19.0. The van der Waals surface area contributed by atoms with Crippen molar-refractivity contribution in [1.82, 2.24) is 14.2 Å². The van der Waals surface area contributed by atoms with Gasteiger partial charge in [0.1, 0.15) is 0 Å². The van der Waals surface area contributed by atoms with E-state index < -0.39 is 15.9 Å². The van der Waals surface area contributed by atoms with Crippen molar-refractivity contribution < 1.29 is 13.2 Å². The Morgan fingerprint density at radius 1 is 1.03 bits per heavy atom. The first-order valence-corrected chi connectivity index (χ1v) is 11.8. The minimum atomic E-state index is -3.71. The van der Waals surface area contributed by atoms with Crippen molar-refractivity contribution in [2.24, 2.45) is 5.73 Å². The molecule has 2 heterocycles. The molecule has 3 N–H and O–H groups in total. The van der Waals surface area contributed by atoms with Gasteiger partial charge in [-0.25, -0.2) is 12.4 Å². The van der Waals surface area contributed by atoms with Crippen molar-refractivity contribution in [3.8, 4) is 0 Å². The van der Waals surface area contributed by atoms with Crippen molar-refractivity contribution in [3.05, 3.63) is 106 Å². The van der Waals surface area contributed by atoms with Gasteiger partial charge in [-0.1, -0.05) is 41.9 Å². The fourth-order valence-corrected chi connectivity index (χ4v) is 5.29. The molecule has 0 aliphatic heterocycles. The lowest BCUT2D eigenvalue weighted by atomic mass is 10.0. The summed E-state index contributed by atoms with van der Waals surface area (Å²) in [5.41, 5.74) is 8.57. The topological polar surface area (TPSA) is 111 Å². The lowest BCUT2D eigenvalue weighted by Gasteiger charge is -2.10. The molecular formula is C23H21ClN4O3S.